The highest BCUT2D eigenvalue weighted by atomic mass is 19.4. The van der Waals surface area contributed by atoms with Crippen molar-refractivity contribution in [1.29, 1.82) is 0 Å². The fourth-order valence-corrected chi connectivity index (χ4v) is 5.84. The standard InChI is InChI=1S/C32H32F4N6O5/c1-20-29(39-14-12-38(13-15-39)17-21-10-11-28(43)27(16-21)42(46)47)30(44)41(19-26(37)22-6-3-2-4-7-22)31(45)40(20)18-23-24(32(34,35)36)8-5-9-25(23)33/h2-11,16,26,43H,12-15,17-19,37H2,1H3. The Balaban J connectivity index is 1.51. The normalized spacial score (nSPS) is 14.7. The molecule has 0 amide bonds. The van der Waals surface area contributed by atoms with E-state index >= 15 is 0 Å². The third kappa shape index (κ3) is 7.05. The van der Waals surface area contributed by atoms with E-state index in [1.54, 1.807) is 41.3 Å². The van der Waals surface area contributed by atoms with Crippen molar-refractivity contribution in [2.24, 2.45) is 5.73 Å². The molecule has 0 radical (unpaired) electrons. The van der Waals surface area contributed by atoms with Gasteiger partial charge in [-0.05, 0) is 36.2 Å². The Bertz CT molecular complexity index is 1900. The first-order valence-corrected chi connectivity index (χ1v) is 14.7. The van der Waals surface area contributed by atoms with Crippen LogP contribution < -0.4 is 21.9 Å². The molecule has 1 aromatic heterocycles. The number of alkyl halides is 3. The maximum atomic E-state index is 14.9. The third-order valence-electron chi connectivity index (χ3n) is 8.34. The second-order valence-corrected chi connectivity index (χ2v) is 11.3. The number of nitrogens with zero attached hydrogens (tertiary/aromatic N) is 5. The van der Waals surface area contributed by atoms with Gasteiger partial charge in [0.15, 0.2) is 5.75 Å². The molecule has 5 rings (SSSR count). The van der Waals surface area contributed by atoms with Crippen LogP contribution in [0.5, 0.6) is 5.75 Å². The van der Waals surface area contributed by atoms with Gasteiger partial charge in [-0.25, -0.2) is 9.18 Å². The summed E-state index contributed by atoms with van der Waals surface area (Å²) in [5, 5.41) is 21.0. The molecule has 1 fully saturated rings. The van der Waals surface area contributed by atoms with Gasteiger partial charge in [0.05, 0.1) is 23.6 Å². The number of nitro groups is 1. The Morgan fingerprint density at radius 1 is 0.957 bits per heavy atom. The number of hydrogen-bond donors (Lipinski definition) is 2. The fourth-order valence-electron chi connectivity index (χ4n) is 5.84. The van der Waals surface area contributed by atoms with E-state index in [0.29, 0.717) is 30.8 Å². The predicted molar refractivity (Wildman–Crippen MR) is 166 cm³/mol. The topological polar surface area (TPSA) is 140 Å². The van der Waals surface area contributed by atoms with Crippen LogP contribution in [0.2, 0.25) is 0 Å². The van der Waals surface area contributed by atoms with E-state index in [9.17, 15) is 42.4 Å². The number of rotatable bonds is 9. The summed E-state index contributed by atoms with van der Waals surface area (Å²) in [7, 11) is 0. The summed E-state index contributed by atoms with van der Waals surface area (Å²) in [5.41, 5.74) is 3.76. The molecule has 0 bridgehead atoms. The first kappa shape index (κ1) is 33.3. The van der Waals surface area contributed by atoms with Crippen molar-refractivity contribution in [3.63, 3.8) is 0 Å². The van der Waals surface area contributed by atoms with Gasteiger partial charge in [0, 0.05) is 56.1 Å². The molecule has 3 aromatic carbocycles. The fraction of sp³-hybridized carbons (Fsp3) is 0.312. The highest BCUT2D eigenvalue weighted by molar-refractivity contribution is 5.50. The molecule has 1 aliphatic rings. The van der Waals surface area contributed by atoms with Crippen LogP contribution in [0, 0.1) is 22.9 Å². The lowest BCUT2D eigenvalue weighted by atomic mass is 10.1. The number of aromatic hydroxyl groups is 1. The maximum absolute atomic E-state index is 14.9. The molecule has 0 saturated carbocycles. The second kappa shape index (κ2) is 13.4. The van der Waals surface area contributed by atoms with E-state index in [1.165, 1.54) is 19.1 Å². The molecular weight excluding hydrogens is 624 g/mol. The lowest BCUT2D eigenvalue weighted by molar-refractivity contribution is -0.385. The van der Waals surface area contributed by atoms with Crippen LogP contribution in [-0.2, 0) is 25.8 Å². The molecule has 0 aliphatic carbocycles. The quantitative estimate of drug-likeness (QED) is 0.156. The molecule has 2 heterocycles. The van der Waals surface area contributed by atoms with E-state index in [4.69, 9.17) is 5.73 Å². The zero-order chi connectivity index (χ0) is 34.0. The predicted octanol–water partition coefficient (Wildman–Crippen LogP) is 4.16. The minimum absolute atomic E-state index is 0.0727. The average molecular weight is 657 g/mol. The Morgan fingerprint density at radius 2 is 1.64 bits per heavy atom. The van der Waals surface area contributed by atoms with Crippen molar-refractivity contribution in [2.75, 3.05) is 31.1 Å². The van der Waals surface area contributed by atoms with Crippen LogP contribution in [0.25, 0.3) is 0 Å². The van der Waals surface area contributed by atoms with E-state index < -0.39 is 63.3 Å². The van der Waals surface area contributed by atoms with Crippen LogP contribution in [0.4, 0.5) is 28.9 Å². The number of aromatic nitrogens is 2. The van der Waals surface area contributed by atoms with Gasteiger partial charge in [-0.3, -0.25) is 28.9 Å². The summed E-state index contributed by atoms with van der Waals surface area (Å²) in [4.78, 5) is 42.1. The van der Waals surface area contributed by atoms with Crippen LogP contribution in [0.15, 0.2) is 76.3 Å². The van der Waals surface area contributed by atoms with E-state index in [2.05, 4.69) is 0 Å². The van der Waals surface area contributed by atoms with Crippen LogP contribution in [0.1, 0.15) is 34.0 Å². The number of nitrogens with two attached hydrogens (primary N) is 1. The Hall–Kier alpha value is -5.02. The summed E-state index contributed by atoms with van der Waals surface area (Å²) in [6.45, 7) is 2.02. The number of anilines is 1. The van der Waals surface area contributed by atoms with Crippen molar-refractivity contribution in [3.8, 4) is 5.75 Å². The Kier molecular flexibility index (Phi) is 9.49. The molecule has 1 saturated heterocycles. The lowest BCUT2D eigenvalue weighted by Gasteiger charge is -2.37. The zero-order valence-corrected chi connectivity index (χ0v) is 25.3. The highest BCUT2D eigenvalue weighted by Gasteiger charge is 2.35. The van der Waals surface area contributed by atoms with Gasteiger partial charge in [-0.2, -0.15) is 13.2 Å². The number of nitro benzene ring substituents is 1. The summed E-state index contributed by atoms with van der Waals surface area (Å²) in [5.74, 6) is -1.59. The van der Waals surface area contributed by atoms with Crippen LogP contribution in [-0.4, -0.2) is 50.2 Å². The number of piperazine rings is 1. The van der Waals surface area contributed by atoms with Gasteiger partial charge in [0.25, 0.3) is 5.56 Å². The summed E-state index contributed by atoms with van der Waals surface area (Å²) in [6, 6.07) is 14.6. The summed E-state index contributed by atoms with van der Waals surface area (Å²) >= 11 is 0. The Labute approximate surface area is 265 Å². The van der Waals surface area contributed by atoms with Crippen molar-refractivity contribution >= 4 is 11.4 Å². The second-order valence-electron chi connectivity index (χ2n) is 11.3. The Morgan fingerprint density at radius 3 is 2.28 bits per heavy atom. The smallest absolute Gasteiger partial charge is 0.416 e. The van der Waals surface area contributed by atoms with Crippen molar-refractivity contribution in [1.82, 2.24) is 14.0 Å². The van der Waals surface area contributed by atoms with Gasteiger partial charge in [-0.1, -0.05) is 42.5 Å². The number of phenols is 1. The number of halogens is 4. The SMILES string of the molecule is Cc1c(N2CCN(Cc3ccc(O)c([N+](=O)[O-])c3)CC2)c(=O)n(CC(N)c2ccccc2)c(=O)n1Cc1c(F)cccc1C(F)(F)F. The third-order valence-corrected chi connectivity index (χ3v) is 8.34. The molecule has 1 unspecified atom stereocenters. The van der Waals surface area contributed by atoms with Gasteiger partial charge in [0.1, 0.15) is 11.5 Å². The van der Waals surface area contributed by atoms with Crippen LogP contribution in [0.3, 0.4) is 0 Å². The first-order chi connectivity index (χ1) is 22.3. The summed E-state index contributed by atoms with van der Waals surface area (Å²) < 4.78 is 58.5. The maximum Gasteiger partial charge on any atom is 0.416 e. The van der Waals surface area contributed by atoms with Gasteiger partial charge >= 0.3 is 17.6 Å². The minimum atomic E-state index is -4.89. The van der Waals surface area contributed by atoms with E-state index in [1.807, 2.05) is 4.90 Å². The lowest BCUT2D eigenvalue weighted by Crippen LogP contribution is -2.51. The molecule has 4 aromatic rings. The molecule has 1 atom stereocenters. The largest absolute Gasteiger partial charge is 0.502 e. The molecule has 15 heteroatoms. The van der Waals surface area contributed by atoms with Gasteiger partial charge in [-0.15, -0.1) is 0 Å². The molecule has 3 N–H and O–H groups in total. The first-order valence-electron chi connectivity index (χ1n) is 14.7. The van der Waals surface area contributed by atoms with Gasteiger partial charge < -0.3 is 15.7 Å². The monoisotopic (exact) mass is 656 g/mol. The average Bonchev–Trinajstić information content (AvgIpc) is 3.03. The number of benzene rings is 3. The molecule has 47 heavy (non-hydrogen) atoms. The van der Waals surface area contributed by atoms with Gasteiger partial charge in [0.2, 0.25) is 0 Å². The molecule has 1 aliphatic heterocycles. The zero-order valence-electron chi connectivity index (χ0n) is 25.3. The number of phenolic OH excluding ortho intramolecular Hbond substituents is 1. The van der Waals surface area contributed by atoms with E-state index in [0.717, 1.165) is 27.3 Å². The van der Waals surface area contributed by atoms with Crippen molar-refractivity contribution in [3.05, 3.63) is 131 Å². The molecular formula is C32H32F4N6O5. The minimum Gasteiger partial charge on any atom is -0.502 e. The van der Waals surface area contributed by atoms with E-state index in [-0.39, 0.29) is 31.0 Å². The highest BCUT2D eigenvalue weighted by Crippen LogP contribution is 2.34. The van der Waals surface area contributed by atoms with Crippen LogP contribution >= 0.6 is 0 Å². The number of hydrogen-bond acceptors (Lipinski definition) is 8. The molecule has 11 nitrogen and oxygen atoms in total. The van der Waals surface area contributed by atoms with Crippen molar-refractivity contribution in [2.45, 2.75) is 38.8 Å². The molecule has 0 spiro atoms. The molecule has 248 valence electrons. The van der Waals surface area contributed by atoms with Crippen molar-refractivity contribution < 1.29 is 27.6 Å². The summed E-state index contributed by atoms with van der Waals surface area (Å²) in [6.07, 6.45) is -4.89.